The molecule has 0 spiro atoms. The van der Waals surface area contributed by atoms with E-state index in [1.54, 1.807) is 31.2 Å². The number of amides is 2. The Kier molecular flexibility index (Phi) is 17.6. The molecule has 1 aliphatic carbocycles. The molecule has 1 saturated carbocycles. The molecule has 298 valence electrons. The Morgan fingerprint density at radius 2 is 1.36 bits per heavy atom. The number of nitrogens with zero attached hydrogens (tertiary/aromatic N) is 2. The standard InChI is InChI=1S/C43H48N4O8S.2Na.2H/c1-2-47(35-21-17-32(18-22-35)43(52)53)56(54,55)37-8-6-7-33(27-37)40(48)45-39-24-23-36(46-25-4-3-5-26-46)28-38(39)41(49)44-34-19-13-30(14-20-34)10-9-29-11-15-31(16-12-29)42(50)51;;;;/h6-8,11-16,19-20,23-24,27-28,32,35H,2-5,9-10,17-18,21-22,25-26H2,1H3,(H,44,49)(H,45,48)(H,50,51)(H,52,53);;;;/q;2*+1;2*-1. The van der Waals surface area contributed by atoms with E-state index in [0.29, 0.717) is 31.4 Å². The molecule has 2 fully saturated rings. The van der Waals surface area contributed by atoms with Crippen molar-refractivity contribution >= 4 is 50.8 Å². The van der Waals surface area contributed by atoms with Crippen molar-refractivity contribution < 1.29 is 99.8 Å². The number of anilines is 3. The van der Waals surface area contributed by atoms with Crippen molar-refractivity contribution in [1.29, 1.82) is 0 Å². The van der Waals surface area contributed by atoms with Crippen LogP contribution in [-0.2, 0) is 27.7 Å². The second-order valence-corrected chi connectivity index (χ2v) is 16.4. The second kappa shape index (κ2) is 21.6. The number of carbonyl (C=O) groups excluding carboxylic acids is 2. The number of aromatic carboxylic acids is 1. The number of nitrogens with one attached hydrogen (secondary N) is 2. The molecule has 0 bridgehead atoms. The predicted octanol–water partition coefficient (Wildman–Crippen LogP) is 1.55. The number of aryl methyl sites for hydroxylation is 2. The molecule has 4 N–H and O–H groups in total. The van der Waals surface area contributed by atoms with E-state index >= 15 is 0 Å². The molecule has 6 rings (SSSR count). The predicted molar refractivity (Wildman–Crippen MR) is 217 cm³/mol. The summed E-state index contributed by atoms with van der Waals surface area (Å²) in [6.07, 6.45) is 6.36. The molecule has 0 atom stereocenters. The molecule has 58 heavy (non-hydrogen) atoms. The van der Waals surface area contributed by atoms with Gasteiger partial charge < -0.3 is 28.6 Å². The van der Waals surface area contributed by atoms with E-state index < -0.39 is 39.7 Å². The summed E-state index contributed by atoms with van der Waals surface area (Å²) in [5, 5.41) is 24.4. The second-order valence-electron chi connectivity index (χ2n) is 14.5. The Balaban J connectivity index is 0.00000310. The van der Waals surface area contributed by atoms with E-state index in [4.69, 9.17) is 5.11 Å². The van der Waals surface area contributed by atoms with Gasteiger partial charge in [-0.3, -0.25) is 14.4 Å². The number of carbonyl (C=O) groups is 4. The monoisotopic (exact) mass is 828 g/mol. The minimum atomic E-state index is -4.00. The van der Waals surface area contributed by atoms with Gasteiger partial charge in [-0.2, -0.15) is 4.31 Å². The first-order valence-corrected chi connectivity index (χ1v) is 20.6. The fourth-order valence-electron chi connectivity index (χ4n) is 7.60. The van der Waals surface area contributed by atoms with Gasteiger partial charge in [0.15, 0.2) is 0 Å². The molecule has 12 nitrogen and oxygen atoms in total. The van der Waals surface area contributed by atoms with Crippen LogP contribution in [0.2, 0.25) is 0 Å². The number of hydrogen-bond acceptors (Lipinski definition) is 7. The molecule has 0 aromatic heterocycles. The quantitative estimate of drug-likeness (QED) is 0.138. The van der Waals surface area contributed by atoms with Gasteiger partial charge in [0.25, 0.3) is 11.8 Å². The fourth-order valence-corrected chi connectivity index (χ4v) is 9.34. The number of carboxylic acids is 2. The van der Waals surface area contributed by atoms with Crippen molar-refractivity contribution in [2.24, 2.45) is 5.92 Å². The number of benzene rings is 4. The zero-order valence-electron chi connectivity index (χ0n) is 35.4. The third-order valence-corrected chi connectivity index (χ3v) is 12.8. The summed E-state index contributed by atoms with van der Waals surface area (Å²) >= 11 is 0. The van der Waals surface area contributed by atoms with Gasteiger partial charge in [0, 0.05) is 42.6 Å². The van der Waals surface area contributed by atoms with E-state index in [9.17, 15) is 32.7 Å². The largest absolute Gasteiger partial charge is 1.00 e. The number of rotatable bonds is 14. The number of piperidine rings is 1. The van der Waals surface area contributed by atoms with Crippen molar-refractivity contribution in [2.75, 3.05) is 35.2 Å². The molecular formula is C43H50N4Na2O8S. The molecular weight excluding hydrogens is 779 g/mol. The number of hydrogen-bond donors (Lipinski definition) is 4. The number of carboxylic acid groups (broad SMARTS) is 2. The Bertz CT molecular complexity index is 2180. The molecule has 0 radical (unpaired) electrons. The minimum Gasteiger partial charge on any atom is -1.00 e. The molecule has 2 amide bonds. The maximum atomic E-state index is 13.9. The molecule has 0 unspecified atom stereocenters. The summed E-state index contributed by atoms with van der Waals surface area (Å²) < 4.78 is 29.1. The van der Waals surface area contributed by atoms with E-state index in [1.807, 2.05) is 42.5 Å². The SMILES string of the molecule is CCN(C1CCC(C(=O)O)CC1)S(=O)(=O)c1cccc(C(=O)Nc2ccc(N3CCCCC3)cc2C(=O)Nc2ccc(CCc3ccc(C(=O)O)cc3)cc2)c1.[H-].[H-].[Na+].[Na+]. The first kappa shape index (κ1) is 47.2. The van der Waals surface area contributed by atoms with Crippen LogP contribution in [0, 0.1) is 5.92 Å². The zero-order chi connectivity index (χ0) is 39.8. The summed E-state index contributed by atoms with van der Waals surface area (Å²) in [5.74, 6) is -3.29. The summed E-state index contributed by atoms with van der Waals surface area (Å²) in [4.78, 5) is 52.5. The van der Waals surface area contributed by atoms with Gasteiger partial charge in [0.2, 0.25) is 10.0 Å². The maximum absolute atomic E-state index is 13.9. The zero-order valence-corrected chi connectivity index (χ0v) is 38.3. The minimum absolute atomic E-state index is 0. The summed E-state index contributed by atoms with van der Waals surface area (Å²) in [7, 11) is -4.00. The summed E-state index contributed by atoms with van der Waals surface area (Å²) in [6, 6.07) is 25.1. The van der Waals surface area contributed by atoms with E-state index in [-0.39, 0.29) is 102 Å². The molecule has 1 aliphatic heterocycles. The number of aliphatic carboxylic acids is 1. The van der Waals surface area contributed by atoms with Crippen molar-refractivity contribution in [2.45, 2.75) is 75.6 Å². The first-order chi connectivity index (χ1) is 26.9. The van der Waals surface area contributed by atoms with Crippen LogP contribution in [-0.4, -0.2) is 72.4 Å². The molecule has 4 aromatic rings. The molecule has 1 heterocycles. The smallest absolute Gasteiger partial charge is 1.00 e. The normalized spacial score (nSPS) is 16.7. The molecule has 1 saturated heterocycles. The van der Waals surface area contributed by atoms with Crippen LogP contribution < -0.4 is 74.6 Å². The Morgan fingerprint density at radius 1 is 0.741 bits per heavy atom. The van der Waals surface area contributed by atoms with Gasteiger partial charge in [-0.25, -0.2) is 13.2 Å². The third kappa shape index (κ3) is 11.8. The Morgan fingerprint density at radius 3 is 1.95 bits per heavy atom. The van der Waals surface area contributed by atoms with Gasteiger partial charge in [-0.15, -0.1) is 0 Å². The Hall–Kier alpha value is -3.53. The van der Waals surface area contributed by atoms with E-state index in [0.717, 1.165) is 62.0 Å². The first-order valence-electron chi connectivity index (χ1n) is 19.2. The topological polar surface area (TPSA) is 173 Å². The van der Waals surface area contributed by atoms with Crippen molar-refractivity contribution in [3.05, 3.63) is 119 Å². The van der Waals surface area contributed by atoms with E-state index in [2.05, 4.69) is 15.5 Å². The van der Waals surface area contributed by atoms with Crippen LogP contribution in [0.15, 0.2) is 95.9 Å². The van der Waals surface area contributed by atoms with Crippen molar-refractivity contribution in [1.82, 2.24) is 4.31 Å². The van der Waals surface area contributed by atoms with Gasteiger partial charge in [0.05, 0.1) is 27.6 Å². The molecule has 15 heteroatoms. The Labute approximate surface area is 387 Å². The van der Waals surface area contributed by atoms with Crippen LogP contribution in [0.5, 0.6) is 0 Å². The van der Waals surface area contributed by atoms with Gasteiger partial charge >= 0.3 is 71.1 Å². The van der Waals surface area contributed by atoms with Crippen LogP contribution in [0.1, 0.15) is 96.9 Å². The van der Waals surface area contributed by atoms with Gasteiger partial charge in [0.1, 0.15) is 0 Å². The van der Waals surface area contributed by atoms with Crippen molar-refractivity contribution in [3.8, 4) is 0 Å². The molecule has 4 aromatic carbocycles. The van der Waals surface area contributed by atoms with Gasteiger partial charge in [-0.1, -0.05) is 37.3 Å². The third-order valence-electron chi connectivity index (χ3n) is 10.8. The fraction of sp³-hybridized carbons (Fsp3) is 0.349. The van der Waals surface area contributed by atoms with Crippen LogP contribution in [0.4, 0.5) is 17.1 Å². The average molecular weight is 829 g/mol. The average Bonchev–Trinajstić information content (AvgIpc) is 3.21. The van der Waals surface area contributed by atoms with Crippen LogP contribution >= 0.6 is 0 Å². The molecule has 2 aliphatic rings. The maximum Gasteiger partial charge on any atom is 1.00 e. The number of sulfonamides is 1. The van der Waals surface area contributed by atoms with Crippen molar-refractivity contribution in [3.63, 3.8) is 0 Å². The van der Waals surface area contributed by atoms with E-state index in [1.165, 1.54) is 28.6 Å². The summed E-state index contributed by atoms with van der Waals surface area (Å²) in [6.45, 7) is 3.67. The van der Waals surface area contributed by atoms with Crippen LogP contribution in [0.3, 0.4) is 0 Å². The van der Waals surface area contributed by atoms with Gasteiger partial charge in [-0.05, 0) is 130 Å². The van der Waals surface area contributed by atoms with Crippen LogP contribution in [0.25, 0.3) is 0 Å². The summed E-state index contributed by atoms with van der Waals surface area (Å²) in [5.41, 5.74) is 4.38.